The van der Waals surface area contributed by atoms with Crippen molar-refractivity contribution in [1.29, 1.82) is 0 Å². The molecule has 5 rings (SSSR count). The van der Waals surface area contributed by atoms with Crippen LogP contribution in [0.3, 0.4) is 0 Å². The van der Waals surface area contributed by atoms with Crippen LogP contribution in [0, 0.1) is 6.92 Å². The van der Waals surface area contributed by atoms with Gasteiger partial charge in [-0.1, -0.05) is 48.0 Å². The van der Waals surface area contributed by atoms with Crippen LogP contribution >= 0.6 is 0 Å². The van der Waals surface area contributed by atoms with Crippen molar-refractivity contribution in [3.8, 4) is 5.75 Å². The molecular weight excluding hydrogens is 442 g/mol. The van der Waals surface area contributed by atoms with E-state index in [-0.39, 0.29) is 43.5 Å². The molecule has 0 aliphatic carbocycles. The first-order valence-electron chi connectivity index (χ1n) is 11.5. The fourth-order valence-corrected chi connectivity index (χ4v) is 4.73. The van der Waals surface area contributed by atoms with Gasteiger partial charge in [-0.05, 0) is 47.2 Å². The van der Waals surface area contributed by atoms with Crippen LogP contribution in [0.5, 0.6) is 5.75 Å². The second-order valence-corrected chi connectivity index (χ2v) is 9.10. The Balaban J connectivity index is 1.49. The highest BCUT2D eigenvalue weighted by Crippen LogP contribution is 2.41. The van der Waals surface area contributed by atoms with Gasteiger partial charge in [0.2, 0.25) is 0 Å². The van der Waals surface area contributed by atoms with E-state index in [4.69, 9.17) is 5.73 Å². The highest BCUT2D eigenvalue weighted by molar-refractivity contribution is 6.10. The van der Waals surface area contributed by atoms with Gasteiger partial charge in [-0.15, -0.1) is 0 Å². The average molecular weight is 470 g/mol. The van der Waals surface area contributed by atoms with Crippen molar-refractivity contribution < 1.29 is 20.1 Å². The van der Waals surface area contributed by atoms with E-state index in [1.54, 1.807) is 29.3 Å². The Kier molecular flexibility index (Phi) is 5.88. The molecule has 2 heterocycles. The zero-order chi connectivity index (χ0) is 24.7. The van der Waals surface area contributed by atoms with Gasteiger partial charge in [0.05, 0.1) is 18.8 Å². The van der Waals surface area contributed by atoms with Gasteiger partial charge in [0.1, 0.15) is 5.52 Å². The molecule has 0 unspecified atom stereocenters. The summed E-state index contributed by atoms with van der Waals surface area (Å²) in [5.41, 5.74) is 13.5. The van der Waals surface area contributed by atoms with Crippen molar-refractivity contribution in [2.24, 2.45) is 0 Å². The van der Waals surface area contributed by atoms with Crippen LogP contribution in [0.1, 0.15) is 49.3 Å². The van der Waals surface area contributed by atoms with E-state index in [0.717, 1.165) is 16.7 Å². The number of aryl methyl sites for hydroxylation is 1. The maximum atomic E-state index is 13.3. The minimum atomic E-state index is -0.327. The molecule has 35 heavy (non-hydrogen) atoms. The number of benzene rings is 3. The van der Waals surface area contributed by atoms with Crippen molar-refractivity contribution >= 4 is 22.5 Å². The molecular formula is C28H27N3O4. The number of aromatic hydroxyl groups is 1. The Hall–Kier alpha value is -3.94. The lowest BCUT2D eigenvalue weighted by Crippen LogP contribution is -2.24. The molecule has 0 spiro atoms. The van der Waals surface area contributed by atoms with Gasteiger partial charge >= 0.3 is 0 Å². The monoisotopic (exact) mass is 469 g/mol. The van der Waals surface area contributed by atoms with Crippen molar-refractivity contribution in [3.05, 3.63) is 99.2 Å². The number of pyridine rings is 1. The zero-order valence-electron chi connectivity index (χ0n) is 19.5. The normalized spacial score (nSPS) is 13.0. The molecule has 3 aromatic carbocycles. The van der Waals surface area contributed by atoms with E-state index in [1.807, 2.05) is 13.0 Å². The number of amides is 1. The number of phenolic OH excluding ortho intramolecular Hbond substituents is 1. The second-order valence-electron chi connectivity index (χ2n) is 9.10. The predicted octanol–water partition coefficient (Wildman–Crippen LogP) is 3.56. The van der Waals surface area contributed by atoms with E-state index in [0.29, 0.717) is 39.7 Å². The fourth-order valence-electron chi connectivity index (χ4n) is 4.73. The maximum absolute atomic E-state index is 13.3. The van der Waals surface area contributed by atoms with Crippen molar-refractivity contribution in [3.63, 3.8) is 0 Å². The molecule has 0 fully saturated rings. The first-order valence-corrected chi connectivity index (χ1v) is 11.5. The lowest BCUT2D eigenvalue weighted by molar-refractivity contribution is 0.0763. The number of nitrogens with two attached hydrogens (primary N) is 1. The van der Waals surface area contributed by atoms with E-state index in [2.05, 4.69) is 29.2 Å². The molecule has 0 radical (unpaired) electrons. The number of aliphatic hydroxyl groups is 2. The van der Waals surface area contributed by atoms with Gasteiger partial charge in [0.15, 0.2) is 5.75 Å². The van der Waals surface area contributed by atoms with Crippen LogP contribution in [0.2, 0.25) is 0 Å². The summed E-state index contributed by atoms with van der Waals surface area (Å²) in [4.78, 5) is 19.3. The first kappa shape index (κ1) is 22.8. The van der Waals surface area contributed by atoms with Crippen LogP contribution in [0.4, 0.5) is 5.69 Å². The third-order valence-electron chi connectivity index (χ3n) is 6.69. The van der Waals surface area contributed by atoms with Gasteiger partial charge in [0, 0.05) is 35.9 Å². The Bertz CT molecular complexity index is 1450. The maximum Gasteiger partial charge on any atom is 0.258 e. The Labute approximate surface area is 203 Å². The molecule has 1 aliphatic heterocycles. The second kappa shape index (κ2) is 9.02. The molecule has 1 aliphatic rings. The molecule has 1 amide bonds. The number of aliphatic hydroxyl groups excluding tert-OH is 2. The molecule has 1 aromatic heterocycles. The molecule has 4 aromatic rings. The highest BCUT2D eigenvalue weighted by Gasteiger charge is 2.34. The summed E-state index contributed by atoms with van der Waals surface area (Å²) in [6.45, 7) is 2.21. The minimum Gasteiger partial charge on any atom is -0.505 e. The Morgan fingerprint density at radius 1 is 0.971 bits per heavy atom. The number of phenols is 1. The molecule has 7 heteroatoms. The number of hydrogen-bond acceptors (Lipinski definition) is 6. The number of nitrogen functional groups attached to an aromatic ring is 1. The molecule has 7 nitrogen and oxygen atoms in total. The largest absolute Gasteiger partial charge is 0.505 e. The summed E-state index contributed by atoms with van der Waals surface area (Å²) in [6.07, 6.45) is 2.39. The SMILES string of the molecule is Cc1ccc(Cc2cnc3c(O)c4c(c(N)c3c2)CN(Cc2ccc(CO)cc2CO)C4=O)cc1. The Morgan fingerprint density at radius 2 is 1.71 bits per heavy atom. The lowest BCUT2D eigenvalue weighted by atomic mass is 9.98. The van der Waals surface area contributed by atoms with E-state index in [1.165, 1.54) is 5.56 Å². The smallest absolute Gasteiger partial charge is 0.258 e. The quantitative estimate of drug-likeness (QED) is 0.253. The fraction of sp³-hybridized carbons (Fsp3) is 0.214. The molecule has 5 N–H and O–H groups in total. The van der Waals surface area contributed by atoms with Crippen LogP contribution in [-0.2, 0) is 32.7 Å². The van der Waals surface area contributed by atoms with Gasteiger partial charge < -0.3 is 26.0 Å². The summed E-state index contributed by atoms with van der Waals surface area (Å²) in [5, 5.41) is 30.8. The molecule has 178 valence electrons. The van der Waals surface area contributed by atoms with Crippen LogP contribution in [0.15, 0.2) is 54.7 Å². The number of hydrogen-bond donors (Lipinski definition) is 4. The first-order chi connectivity index (χ1) is 16.9. The number of nitrogens with zero attached hydrogens (tertiary/aromatic N) is 2. The summed E-state index contributed by atoms with van der Waals surface area (Å²) in [6, 6.07) is 15.5. The molecule has 0 atom stereocenters. The van der Waals surface area contributed by atoms with E-state index in [9.17, 15) is 20.1 Å². The minimum absolute atomic E-state index is 0.128. The van der Waals surface area contributed by atoms with Gasteiger partial charge in [-0.25, -0.2) is 0 Å². The van der Waals surface area contributed by atoms with Gasteiger partial charge in [-0.2, -0.15) is 0 Å². The summed E-state index contributed by atoms with van der Waals surface area (Å²) in [5.74, 6) is -0.483. The molecule has 0 saturated carbocycles. The zero-order valence-corrected chi connectivity index (χ0v) is 19.5. The third-order valence-corrected chi connectivity index (χ3v) is 6.69. The number of fused-ring (bicyclic) bond motifs is 2. The summed E-state index contributed by atoms with van der Waals surface area (Å²) in [7, 11) is 0. The number of anilines is 1. The number of aromatic nitrogens is 1. The topological polar surface area (TPSA) is 120 Å². The molecule has 0 saturated heterocycles. The highest BCUT2D eigenvalue weighted by atomic mass is 16.3. The lowest BCUT2D eigenvalue weighted by Gasteiger charge is -2.18. The van der Waals surface area contributed by atoms with Crippen LogP contribution in [0.25, 0.3) is 10.9 Å². The van der Waals surface area contributed by atoms with Crippen molar-refractivity contribution in [1.82, 2.24) is 9.88 Å². The number of carbonyl (C=O) groups is 1. The van der Waals surface area contributed by atoms with Crippen LogP contribution in [-0.4, -0.2) is 31.1 Å². The average Bonchev–Trinajstić information content (AvgIpc) is 3.20. The van der Waals surface area contributed by atoms with Crippen LogP contribution < -0.4 is 5.73 Å². The van der Waals surface area contributed by atoms with E-state index >= 15 is 0 Å². The predicted molar refractivity (Wildman–Crippen MR) is 134 cm³/mol. The third kappa shape index (κ3) is 4.09. The number of carbonyl (C=O) groups excluding carboxylic acids is 1. The van der Waals surface area contributed by atoms with Crippen molar-refractivity contribution in [2.75, 3.05) is 5.73 Å². The summed E-state index contributed by atoms with van der Waals surface area (Å²) < 4.78 is 0. The molecule has 0 bridgehead atoms. The van der Waals surface area contributed by atoms with Crippen molar-refractivity contribution in [2.45, 2.75) is 39.6 Å². The number of rotatable bonds is 6. The summed E-state index contributed by atoms with van der Waals surface area (Å²) >= 11 is 0. The van der Waals surface area contributed by atoms with E-state index < -0.39 is 0 Å². The van der Waals surface area contributed by atoms with Gasteiger partial charge in [-0.3, -0.25) is 9.78 Å². The Morgan fingerprint density at radius 3 is 2.43 bits per heavy atom. The standard InChI is InChI=1S/C28H27N3O4/c1-16-2-4-17(5-3-16)8-19-10-22-25(29)23-13-31(28(35)24(23)27(34)26(22)30-11-19)12-20-7-6-18(14-32)9-21(20)15-33/h2-7,9-11,32-34H,8,12-15,29H2,1H3. The van der Waals surface area contributed by atoms with Gasteiger partial charge in [0.25, 0.3) is 5.91 Å².